The molecule has 0 unspecified atom stereocenters. The molecule has 0 aliphatic carbocycles. The molecule has 1 aromatic heterocycles. The van der Waals surface area contributed by atoms with E-state index in [1.807, 2.05) is 6.92 Å². The molecule has 0 radical (unpaired) electrons. The average Bonchev–Trinajstić information content (AvgIpc) is 3.10. The number of hydrogen-bond donors (Lipinski definition) is 3. The van der Waals surface area contributed by atoms with E-state index in [1.54, 1.807) is 30.3 Å². The fourth-order valence-electron chi connectivity index (χ4n) is 3.49. The summed E-state index contributed by atoms with van der Waals surface area (Å²) < 4.78 is 45.4. The highest BCUT2D eigenvalue weighted by Gasteiger charge is 2.60. The smallest absolute Gasteiger partial charge is 0.412 e. The van der Waals surface area contributed by atoms with Crippen LogP contribution in [0.5, 0.6) is 0 Å². The van der Waals surface area contributed by atoms with Crippen molar-refractivity contribution in [3.8, 4) is 0 Å². The fourth-order valence-corrected chi connectivity index (χ4v) is 3.49. The van der Waals surface area contributed by atoms with Crippen molar-refractivity contribution < 1.29 is 42.5 Å². The van der Waals surface area contributed by atoms with Crippen molar-refractivity contribution in [3.05, 3.63) is 53.1 Å². The van der Waals surface area contributed by atoms with Crippen molar-refractivity contribution in [2.24, 2.45) is 0 Å². The van der Waals surface area contributed by atoms with Gasteiger partial charge in [-0.15, -0.1) is 0 Å². The number of unbranched alkanes of at least 4 members (excludes halogenated alkanes) is 1. The van der Waals surface area contributed by atoms with Crippen molar-refractivity contribution in [2.45, 2.75) is 57.0 Å². The second-order valence-electron chi connectivity index (χ2n) is 8.34. The van der Waals surface area contributed by atoms with Crippen LogP contribution in [-0.2, 0) is 23.8 Å². The van der Waals surface area contributed by atoms with Gasteiger partial charge < -0.3 is 24.6 Å². The molecule has 1 aromatic carbocycles. The summed E-state index contributed by atoms with van der Waals surface area (Å²) in [6.45, 7) is 1.18. The first kappa shape index (κ1) is 28.7. The third-order valence-electron chi connectivity index (χ3n) is 5.48. The van der Waals surface area contributed by atoms with Gasteiger partial charge in [-0.1, -0.05) is 31.5 Å². The number of halogens is 2. The lowest BCUT2D eigenvalue weighted by Crippen LogP contribution is -2.42. The Morgan fingerprint density at radius 2 is 1.87 bits per heavy atom. The molecule has 1 fully saturated rings. The van der Waals surface area contributed by atoms with E-state index >= 15 is 0 Å². The normalized spacial score (nSPS) is 19.9. The number of aliphatic hydroxyl groups is 1. The second-order valence-corrected chi connectivity index (χ2v) is 8.34. The molecule has 0 spiro atoms. The third kappa shape index (κ3) is 7.32. The lowest BCUT2D eigenvalue weighted by molar-refractivity contribution is -0.151. The van der Waals surface area contributed by atoms with E-state index in [9.17, 15) is 33.1 Å². The van der Waals surface area contributed by atoms with E-state index in [1.165, 1.54) is 0 Å². The van der Waals surface area contributed by atoms with Crippen molar-refractivity contribution >= 4 is 29.5 Å². The predicted octanol–water partition coefficient (Wildman–Crippen LogP) is 2.45. The molecule has 0 saturated carbocycles. The number of benzene rings is 1. The van der Waals surface area contributed by atoms with Gasteiger partial charge in [-0.05, 0) is 24.6 Å². The van der Waals surface area contributed by atoms with Crippen molar-refractivity contribution in [1.29, 1.82) is 0 Å². The van der Waals surface area contributed by atoms with Crippen molar-refractivity contribution in [1.82, 2.24) is 9.55 Å². The summed E-state index contributed by atoms with van der Waals surface area (Å²) in [5.41, 5.74) is -0.648. The summed E-state index contributed by atoms with van der Waals surface area (Å²) in [5, 5.41) is 15.0. The van der Waals surface area contributed by atoms with Gasteiger partial charge in [-0.3, -0.25) is 14.9 Å². The Morgan fingerprint density at radius 3 is 2.58 bits per heavy atom. The van der Waals surface area contributed by atoms with E-state index < -0.39 is 60.4 Å². The van der Waals surface area contributed by atoms with Gasteiger partial charge in [-0.25, -0.2) is 19.1 Å². The van der Waals surface area contributed by atoms with Crippen LogP contribution in [0.2, 0.25) is 0 Å². The number of carbonyl (C=O) groups is 3. The van der Waals surface area contributed by atoms with Gasteiger partial charge in [0.1, 0.15) is 18.5 Å². The van der Waals surface area contributed by atoms with Crippen LogP contribution in [-0.4, -0.2) is 64.0 Å². The molecule has 12 nitrogen and oxygen atoms in total. The highest BCUT2D eigenvalue weighted by molar-refractivity contribution is 5.92. The number of anilines is 2. The summed E-state index contributed by atoms with van der Waals surface area (Å²) in [4.78, 5) is 51.8. The highest BCUT2D eigenvalue weighted by atomic mass is 19.3. The molecule has 206 valence electrons. The quantitative estimate of drug-likeness (QED) is 0.289. The van der Waals surface area contributed by atoms with Crippen LogP contribution < -0.4 is 16.3 Å². The van der Waals surface area contributed by atoms with E-state index in [0.717, 1.165) is 18.7 Å². The summed E-state index contributed by atoms with van der Waals surface area (Å²) in [6.07, 6.45) is -5.78. The fraction of sp³-hybridized carbons (Fsp3) is 0.458. The first-order valence-corrected chi connectivity index (χ1v) is 11.9. The molecule has 3 atom stereocenters. The lowest BCUT2D eigenvalue weighted by Gasteiger charge is -2.23. The number of esters is 1. The second kappa shape index (κ2) is 13.1. The monoisotopic (exact) mass is 538 g/mol. The minimum atomic E-state index is -4.03. The van der Waals surface area contributed by atoms with Crippen LogP contribution in [0.3, 0.4) is 0 Å². The maximum Gasteiger partial charge on any atom is 0.412 e. The van der Waals surface area contributed by atoms with Crippen molar-refractivity contribution in [3.63, 3.8) is 0 Å². The topological polar surface area (TPSA) is 158 Å². The van der Waals surface area contributed by atoms with Crippen LogP contribution in [0, 0.1) is 0 Å². The minimum Gasteiger partial charge on any atom is -0.463 e. The molecule has 2 aromatic rings. The number of ether oxygens (including phenoxy) is 3. The molecule has 14 heteroatoms. The van der Waals surface area contributed by atoms with Crippen LogP contribution >= 0.6 is 0 Å². The van der Waals surface area contributed by atoms with E-state index in [-0.39, 0.29) is 19.4 Å². The van der Waals surface area contributed by atoms with Crippen LogP contribution in [0.1, 0.15) is 38.8 Å². The minimum absolute atomic E-state index is 0.0772. The van der Waals surface area contributed by atoms with Crippen LogP contribution in [0.25, 0.3) is 0 Å². The van der Waals surface area contributed by atoms with E-state index in [4.69, 9.17) is 14.2 Å². The Labute approximate surface area is 215 Å². The number of alkyl halides is 2. The molecule has 1 aliphatic heterocycles. The van der Waals surface area contributed by atoms with Gasteiger partial charge in [0.05, 0.1) is 13.0 Å². The lowest BCUT2D eigenvalue weighted by atomic mass is 10.1. The maximum absolute atomic E-state index is 15.0. The van der Waals surface area contributed by atoms with Gasteiger partial charge in [-0.2, -0.15) is 8.78 Å². The molecule has 38 heavy (non-hydrogen) atoms. The molecule has 2 amide bonds. The van der Waals surface area contributed by atoms with Gasteiger partial charge in [0.25, 0.3) is 0 Å². The van der Waals surface area contributed by atoms with E-state index in [2.05, 4.69) is 15.6 Å². The molecule has 3 rings (SSSR count). The number of para-hydroxylation sites is 1. The number of aromatic nitrogens is 2. The van der Waals surface area contributed by atoms with Gasteiger partial charge in [0, 0.05) is 18.3 Å². The Hall–Kier alpha value is -3.91. The standard InChI is InChI=1S/C24H28F2N4O8/c1-2-3-13-36-23(35)29-17-11-12-27-22(34)30(17)21-24(25,26)20(33)16(38-21)14-37-19(32)10-9-18(31)28-15-7-5-4-6-8-15/h4-8,11-12,16,20-21,33H,2-3,9-10,13-14H2,1H3,(H,28,31)(H,29,35)/t16-,20-,21-/m1/s1. The molecule has 1 saturated heterocycles. The molecular weight excluding hydrogens is 510 g/mol. The SMILES string of the molecule is CCCCOC(=O)Nc1ccnc(=O)n1[C@@H]1O[C@H](COC(=O)CCC(=O)Nc2ccccc2)[C@@H](O)C1(F)F. The predicted molar refractivity (Wildman–Crippen MR) is 129 cm³/mol. The molecule has 0 bridgehead atoms. The molecule has 3 N–H and O–H groups in total. The molecule has 2 heterocycles. The Bertz CT molecular complexity index is 1180. The number of hydrogen-bond acceptors (Lipinski definition) is 9. The Morgan fingerprint density at radius 1 is 1.13 bits per heavy atom. The van der Waals surface area contributed by atoms with E-state index in [0.29, 0.717) is 16.7 Å². The van der Waals surface area contributed by atoms with Crippen LogP contribution in [0.15, 0.2) is 47.4 Å². The zero-order valence-corrected chi connectivity index (χ0v) is 20.5. The summed E-state index contributed by atoms with van der Waals surface area (Å²) in [7, 11) is 0. The number of nitrogens with one attached hydrogen (secondary N) is 2. The molecule has 1 aliphatic rings. The number of carbonyl (C=O) groups excluding carboxylic acids is 3. The largest absolute Gasteiger partial charge is 0.463 e. The Kier molecular flexibility index (Phi) is 9.85. The summed E-state index contributed by atoms with van der Waals surface area (Å²) in [5.74, 6) is -5.76. The van der Waals surface area contributed by atoms with Crippen LogP contribution in [0.4, 0.5) is 25.1 Å². The summed E-state index contributed by atoms with van der Waals surface area (Å²) >= 11 is 0. The average molecular weight is 539 g/mol. The van der Waals surface area contributed by atoms with Gasteiger partial charge in [0.15, 0.2) is 6.10 Å². The van der Waals surface area contributed by atoms with Gasteiger partial charge in [0.2, 0.25) is 12.1 Å². The Balaban J connectivity index is 1.60. The maximum atomic E-state index is 15.0. The first-order chi connectivity index (χ1) is 18.1. The number of amides is 2. The number of aliphatic hydroxyl groups excluding tert-OH is 1. The van der Waals surface area contributed by atoms with Gasteiger partial charge >= 0.3 is 23.7 Å². The zero-order valence-electron chi connectivity index (χ0n) is 20.5. The summed E-state index contributed by atoms with van der Waals surface area (Å²) in [6, 6.07) is 9.62. The highest BCUT2D eigenvalue weighted by Crippen LogP contribution is 2.43. The number of rotatable bonds is 11. The third-order valence-corrected chi connectivity index (χ3v) is 5.48. The zero-order chi connectivity index (χ0) is 27.7. The number of nitrogens with zero attached hydrogens (tertiary/aromatic N) is 2. The molecular formula is C24H28F2N4O8. The first-order valence-electron chi connectivity index (χ1n) is 11.9. The van der Waals surface area contributed by atoms with Crippen molar-refractivity contribution in [2.75, 3.05) is 23.8 Å².